The quantitative estimate of drug-likeness (QED) is 0.171. The van der Waals surface area contributed by atoms with E-state index in [1.54, 1.807) is 21.3 Å². The molecule has 4 aromatic heterocycles. The molecule has 0 unspecified atom stereocenters. The van der Waals surface area contributed by atoms with Crippen molar-refractivity contribution in [2.75, 3.05) is 36.0 Å². The van der Waals surface area contributed by atoms with Crippen LogP contribution in [0.4, 0.5) is 11.9 Å². The molecule has 290 valence electrons. The molecule has 0 bridgehead atoms. The predicted molar refractivity (Wildman–Crippen MR) is 228 cm³/mol. The van der Waals surface area contributed by atoms with E-state index in [0.717, 1.165) is 86.0 Å². The number of fused-ring (bicyclic) bond motifs is 6. The number of anilines is 2. The average molecular weight is 802 g/mol. The van der Waals surface area contributed by atoms with Crippen molar-refractivity contribution in [1.82, 2.24) is 38.3 Å². The van der Waals surface area contributed by atoms with Crippen LogP contribution in [0, 0.1) is 0 Å². The molecular weight excluding hydrogens is 759 g/mol. The first kappa shape index (κ1) is 36.9. The zero-order valence-electron chi connectivity index (χ0n) is 31.5. The van der Waals surface area contributed by atoms with Crippen LogP contribution in [0.1, 0.15) is 56.9 Å². The van der Waals surface area contributed by atoms with Gasteiger partial charge in [-0.1, -0.05) is 97.4 Å². The molecule has 12 nitrogen and oxygen atoms in total. The fourth-order valence-corrected chi connectivity index (χ4v) is 8.50. The highest BCUT2D eigenvalue weighted by Gasteiger charge is 2.24. The van der Waals surface area contributed by atoms with Gasteiger partial charge in [-0.05, 0) is 79.8 Å². The molecule has 14 heteroatoms. The summed E-state index contributed by atoms with van der Waals surface area (Å²) in [7, 11) is 0. The minimum absolute atomic E-state index is 0.103. The summed E-state index contributed by atoms with van der Waals surface area (Å²) in [6.07, 6.45) is 9.50. The summed E-state index contributed by atoms with van der Waals surface area (Å²) < 4.78 is 7.32. The highest BCUT2D eigenvalue weighted by Crippen LogP contribution is 2.27. The van der Waals surface area contributed by atoms with Crippen LogP contribution >= 0.6 is 23.2 Å². The molecule has 4 aromatic carbocycles. The molecule has 6 heterocycles. The first-order valence-corrected chi connectivity index (χ1v) is 20.5. The fraction of sp³-hybridized carbons (Fsp3) is 0.302. The van der Waals surface area contributed by atoms with E-state index in [1.807, 2.05) is 93.7 Å². The summed E-state index contributed by atoms with van der Waals surface area (Å²) >= 11 is 12.5. The van der Waals surface area contributed by atoms with Crippen LogP contribution in [-0.4, -0.2) is 64.5 Å². The lowest BCUT2D eigenvalue weighted by atomic mass is 10.2. The summed E-state index contributed by atoms with van der Waals surface area (Å²) in [6.45, 7) is 4.23. The lowest BCUT2D eigenvalue weighted by molar-refractivity contribution is 0.726. The molecule has 0 radical (unpaired) electrons. The van der Waals surface area contributed by atoms with Crippen LogP contribution in [0.15, 0.2) is 107 Å². The molecule has 0 N–H and O–H groups in total. The van der Waals surface area contributed by atoms with E-state index >= 15 is 0 Å². The second-order valence-corrected chi connectivity index (χ2v) is 15.6. The van der Waals surface area contributed by atoms with E-state index in [0.29, 0.717) is 38.9 Å². The van der Waals surface area contributed by atoms with Crippen molar-refractivity contribution >= 4 is 68.5 Å². The molecule has 0 atom stereocenters. The number of aromatic nitrogens is 8. The highest BCUT2D eigenvalue weighted by molar-refractivity contribution is 6.31. The molecule has 10 rings (SSSR count). The zero-order chi connectivity index (χ0) is 38.9. The van der Waals surface area contributed by atoms with Gasteiger partial charge in [0, 0.05) is 36.2 Å². The Balaban J connectivity index is 0.000000148. The minimum atomic E-state index is -0.147. The van der Waals surface area contributed by atoms with Crippen LogP contribution < -0.4 is 20.9 Å². The Morgan fingerprint density at radius 3 is 1.53 bits per heavy atom. The number of para-hydroxylation sites is 1. The van der Waals surface area contributed by atoms with Gasteiger partial charge in [0.25, 0.3) is 11.1 Å². The van der Waals surface area contributed by atoms with Crippen molar-refractivity contribution in [2.45, 2.75) is 57.9 Å². The number of hydrogen-bond acceptors (Lipinski definition) is 8. The van der Waals surface area contributed by atoms with Gasteiger partial charge in [0.1, 0.15) is 0 Å². The molecule has 2 aliphatic heterocycles. The lowest BCUT2D eigenvalue weighted by Gasteiger charge is -2.21. The third kappa shape index (κ3) is 7.12. The zero-order valence-corrected chi connectivity index (χ0v) is 33.0. The fourth-order valence-electron chi connectivity index (χ4n) is 8.15. The van der Waals surface area contributed by atoms with Crippen molar-refractivity contribution in [3.8, 4) is 5.69 Å². The number of hydrogen-bond donors (Lipinski definition) is 0. The van der Waals surface area contributed by atoms with E-state index in [1.165, 1.54) is 25.7 Å². The Morgan fingerprint density at radius 1 is 0.509 bits per heavy atom. The molecule has 2 fully saturated rings. The monoisotopic (exact) mass is 800 g/mol. The molecule has 2 saturated heterocycles. The molecule has 0 saturated carbocycles. The highest BCUT2D eigenvalue weighted by atomic mass is 35.5. The Kier molecular flexibility index (Phi) is 10.4. The molecule has 0 spiro atoms. The number of halogens is 2. The summed E-state index contributed by atoms with van der Waals surface area (Å²) in [6, 6.07) is 30.4. The summed E-state index contributed by atoms with van der Waals surface area (Å²) in [5.74, 6) is 2.67. The van der Waals surface area contributed by atoms with E-state index in [-0.39, 0.29) is 11.1 Å². The van der Waals surface area contributed by atoms with Crippen molar-refractivity contribution in [3.63, 3.8) is 0 Å². The van der Waals surface area contributed by atoms with E-state index in [9.17, 15) is 9.59 Å². The smallest absolute Gasteiger partial charge is 0.267 e. The van der Waals surface area contributed by atoms with Gasteiger partial charge < -0.3 is 9.80 Å². The topological polar surface area (TPSA) is 111 Å². The first-order valence-electron chi connectivity index (χ1n) is 19.7. The normalized spacial score (nSPS) is 15.2. The van der Waals surface area contributed by atoms with Gasteiger partial charge in [-0.25, -0.2) is 13.4 Å². The molecule has 0 amide bonds. The van der Waals surface area contributed by atoms with Crippen LogP contribution in [0.25, 0.3) is 39.0 Å². The summed E-state index contributed by atoms with van der Waals surface area (Å²) in [5, 5.41) is 20.1. The van der Waals surface area contributed by atoms with Gasteiger partial charge in [0.05, 0.1) is 34.0 Å². The average Bonchev–Trinajstić information content (AvgIpc) is 3.63. The Bertz CT molecular complexity index is 2820. The van der Waals surface area contributed by atoms with Gasteiger partial charge in [-0.3, -0.25) is 14.2 Å². The Morgan fingerprint density at radius 2 is 0.982 bits per heavy atom. The number of nitrogens with zero attached hydrogens (tertiary/aromatic N) is 10. The maximum Gasteiger partial charge on any atom is 0.267 e. The van der Waals surface area contributed by atoms with Crippen LogP contribution in [-0.2, 0) is 6.54 Å². The minimum Gasteiger partial charge on any atom is -0.341 e. The number of benzene rings is 4. The Hall–Kier alpha value is -5.72. The molecule has 57 heavy (non-hydrogen) atoms. The van der Waals surface area contributed by atoms with E-state index < -0.39 is 0 Å². The first-order chi connectivity index (χ1) is 28.0. The maximum absolute atomic E-state index is 13.3. The van der Waals surface area contributed by atoms with Crippen molar-refractivity contribution < 1.29 is 0 Å². The van der Waals surface area contributed by atoms with Crippen molar-refractivity contribution in [3.05, 3.63) is 133 Å². The third-order valence-corrected chi connectivity index (χ3v) is 11.5. The van der Waals surface area contributed by atoms with Gasteiger partial charge in [-0.2, -0.15) is 0 Å². The van der Waals surface area contributed by atoms with Crippen LogP contribution in [0.5, 0.6) is 0 Å². The van der Waals surface area contributed by atoms with Gasteiger partial charge in [-0.15, -0.1) is 20.4 Å². The summed E-state index contributed by atoms with van der Waals surface area (Å²) in [5.41, 5.74) is 3.12. The molecular formula is C43H42Cl2N10O2. The van der Waals surface area contributed by atoms with Crippen LogP contribution in [0.3, 0.4) is 0 Å². The van der Waals surface area contributed by atoms with Crippen molar-refractivity contribution in [2.24, 2.45) is 0 Å². The molecule has 8 aromatic rings. The van der Waals surface area contributed by atoms with E-state index in [2.05, 4.69) is 30.2 Å². The summed E-state index contributed by atoms with van der Waals surface area (Å²) in [4.78, 5) is 31.3. The van der Waals surface area contributed by atoms with Crippen molar-refractivity contribution in [1.29, 1.82) is 0 Å². The van der Waals surface area contributed by atoms with Gasteiger partial charge in [0.15, 0.2) is 0 Å². The second kappa shape index (κ2) is 16.0. The number of rotatable bonds is 5. The van der Waals surface area contributed by atoms with E-state index in [4.69, 9.17) is 23.2 Å². The standard InChI is InChI=1S/C22H22ClN5O.C21H20ClN5O/c23-17-10-11-19-18(14-17)20(29)27(15-16-8-4-3-5-9-16)22-25-24-21(28(19)22)26-12-6-1-2-7-13-26;22-15-10-11-18-17(14-15)19(28)26(16-8-4-3-5-9-16)21-24-23-20(27(18)21)25-12-6-1-2-7-13-25/h3-5,8-11,14H,1-2,6-7,12-13,15H2;3-5,8-11,14H,1-2,6-7,12-13H2. The Labute approximate surface area is 338 Å². The maximum atomic E-state index is 13.3. The molecule has 2 aliphatic rings. The third-order valence-electron chi connectivity index (χ3n) is 11.0. The van der Waals surface area contributed by atoms with Gasteiger partial charge >= 0.3 is 0 Å². The second-order valence-electron chi connectivity index (χ2n) is 14.7. The van der Waals surface area contributed by atoms with Crippen LogP contribution in [0.2, 0.25) is 10.0 Å². The largest absolute Gasteiger partial charge is 0.341 e. The SMILES string of the molecule is O=c1c2cc(Cl)ccc2n2c(N3CCCCCC3)nnc2n1-c1ccccc1.O=c1c2cc(Cl)ccc2n2c(N3CCCCCC3)nnc2n1Cc1ccccc1. The van der Waals surface area contributed by atoms with Gasteiger partial charge in [0.2, 0.25) is 23.5 Å². The molecule has 0 aliphatic carbocycles. The lowest BCUT2D eigenvalue weighted by Crippen LogP contribution is -2.28. The predicted octanol–water partition coefficient (Wildman–Crippen LogP) is 8.19.